The number of ether oxygens (including phenoxy) is 1. The van der Waals surface area contributed by atoms with Crippen molar-refractivity contribution in [3.05, 3.63) is 64.7 Å². The van der Waals surface area contributed by atoms with E-state index in [4.69, 9.17) is 16.2 Å². The SMILES string of the molecule is COc1ccccc1N(C(=O)c1snc(C(N)=O)c1N)[C@@H](C(=O)NCCC(C)C)c1ccc(N(C)C)cc1. The second-order valence-electron chi connectivity index (χ2n) is 9.35. The molecule has 0 aliphatic heterocycles. The predicted octanol–water partition coefficient (Wildman–Crippen LogP) is 3.45. The number of amides is 3. The standard InChI is InChI=1S/C27H34N6O4S/c1-16(2)14-15-30-26(35)23(17-10-12-18(13-11-17)32(3)4)33(19-8-6-7-9-20(19)37-5)27(36)24-21(28)22(25(29)34)31-38-24/h6-13,16,23H,14-15,28H2,1-5H3,(H2,29,34)(H,30,35)/t23-/m1/s1. The number of benzene rings is 2. The van der Waals surface area contributed by atoms with Gasteiger partial charge >= 0.3 is 0 Å². The number of nitrogen functional groups attached to an aromatic ring is 1. The topological polar surface area (TPSA) is 144 Å². The van der Waals surface area contributed by atoms with Crippen LogP contribution in [0.5, 0.6) is 5.75 Å². The maximum atomic E-state index is 14.2. The molecule has 38 heavy (non-hydrogen) atoms. The number of nitrogens with one attached hydrogen (secondary N) is 1. The number of nitrogens with zero attached hydrogens (tertiary/aromatic N) is 3. The molecule has 202 valence electrons. The summed E-state index contributed by atoms with van der Waals surface area (Å²) < 4.78 is 9.55. The molecule has 0 aliphatic carbocycles. The summed E-state index contributed by atoms with van der Waals surface area (Å²) >= 11 is 0.755. The minimum Gasteiger partial charge on any atom is -0.495 e. The number of rotatable bonds is 11. The van der Waals surface area contributed by atoms with Crippen LogP contribution in [-0.2, 0) is 4.79 Å². The number of aromatic nitrogens is 1. The number of carbonyl (C=O) groups is 3. The normalized spacial score (nSPS) is 11.6. The highest BCUT2D eigenvalue weighted by atomic mass is 32.1. The molecule has 3 amide bonds. The maximum absolute atomic E-state index is 14.2. The molecule has 2 aromatic carbocycles. The van der Waals surface area contributed by atoms with Crippen molar-refractivity contribution in [3.63, 3.8) is 0 Å². The fourth-order valence-electron chi connectivity index (χ4n) is 3.89. The molecule has 0 aliphatic rings. The third-order valence-electron chi connectivity index (χ3n) is 5.97. The molecule has 1 atom stereocenters. The van der Waals surface area contributed by atoms with E-state index in [0.717, 1.165) is 23.6 Å². The second-order valence-corrected chi connectivity index (χ2v) is 10.1. The molecule has 1 aromatic heterocycles. The van der Waals surface area contributed by atoms with E-state index in [9.17, 15) is 14.4 Å². The Morgan fingerprint density at radius 1 is 1.08 bits per heavy atom. The van der Waals surface area contributed by atoms with Gasteiger partial charge in [-0.3, -0.25) is 19.3 Å². The highest BCUT2D eigenvalue weighted by Crippen LogP contribution is 2.38. The number of nitrogens with two attached hydrogens (primary N) is 2. The van der Waals surface area contributed by atoms with Crippen LogP contribution in [0.15, 0.2) is 48.5 Å². The minimum absolute atomic E-state index is 0.00500. The number of hydrogen-bond donors (Lipinski definition) is 3. The smallest absolute Gasteiger partial charge is 0.273 e. The number of hydrogen-bond acceptors (Lipinski definition) is 8. The van der Waals surface area contributed by atoms with Crippen LogP contribution in [0.3, 0.4) is 0 Å². The molecular formula is C27H34N6O4S. The molecule has 1 heterocycles. The summed E-state index contributed by atoms with van der Waals surface area (Å²) in [6.45, 7) is 4.57. The predicted molar refractivity (Wildman–Crippen MR) is 151 cm³/mol. The van der Waals surface area contributed by atoms with E-state index in [-0.39, 0.29) is 22.2 Å². The van der Waals surface area contributed by atoms with E-state index in [0.29, 0.717) is 29.5 Å². The Bertz CT molecular complexity index is 1290. The maximum Gasteiger partial charge on any atom is 0.273 e. The Labute approximate surface area is 226 Å². The molecule has 3 aromatic rings. The van der Waals surface area contributed by atoms with Crippen LogP contribution in [-0.4, -0.2) is 49.8 Å². The van der Waals surface area contributed by atoms with E-state index in [1.807, 2.05) is 43.3 Å². The molecule has 0 bridgehead atoms. The Balaban J connectivity index is 2.21. The van der Waals surface area contributed by atoms with Gasteiger partial charge in [0.05, 0.1) is 18.5 Å². The lowest BCUT2D eigenvalue weighted by Crippen LogP contribution is -2.44. The molecule has 3 rings (SSSR count). The van der Waals surface area contributed by atoms with Gasteiger partial charge in [0.25, 0.3) is 11.8 Å². The van der Waals surface area contributed by atoms with Crippen molar-refractivity contribution < 1.29 is 19.1 Å². The monoisotopic (exact) mass is 538 g/mol. The van der Waals surface area contributed by atoms with Crippen LogP contribution in [0.4, 0.5) is 17.1 Å². The molecule has 0 saturated heterocycles. The summed E-state index contributed by atoms with van der Waals surface area (Å²) in [7, 11) is 5.31. The van der Waals surface area contributed by atoms with Gasteiger partial charge in [-0.15, -0.1) is 0 Å². The van der Waals surface area contributed by atoms with Crippen LogP contribution in [0, 0.1) is 5.92 Å². The summed E-state index contributed by atoms with van der Waals surface area (Å²) in [5, 5.41) is 2.98. The zero-order valence-electron chi connectivity index (χ0n) is 22.2. The van der Waals surface area contributed by atoms with Crippen LogP contribution in [0.25, 0.3) is 0 Å². The molecule has 5 N–H and O–H groups in total. The first-order valence-corrected chi connectivity index (χ1v) is 12.9. The average Bonchev–Trinajstić information content (AvgIpc) is 3.28. The van der Waals surface area contributed by atoms with E-state index in [2.05, 4.69) is 23.5 Å². The van der Waals surface area contributed by atoms with Gasteiger partial charge < -0.3 is 26.4 Å². The van der Waals surface area contributed by atoms with Crippen molar-refractivity contribution in [3.8, 4) is 5.75 Å². The Kier molecular flexibility index (Phi) is 9.30. The van der Waals surface area contributed by atoms with Gasteiger partial charge in [0.1, 0.15) is 16.7 Å². The van der Waals surface area contributed by atoms with E-state index in [1.165, 1.54) is 12.0 Å². The fraction of sp³-hybridized carbons (Fsp3) is 0.333. The van der Waals surface area contributed by atoms with E-state index < -0.39 is 17.9 Å². The van der Waals surface area contributed by atoms with Crippen molar-refractivity contribution in [2.24, 2.45) is 11.7 Å². The van der Waals surface area contributed by atoms with Gasteiger partial charge in [-0.05, 0) is 53.7 Å². The molecule has 10 nitrogen and oxygen atoms in total. The Morgan fingerprint density at radius 2 is 1.74 bits per heavy atom. The third kappa shape index (κ3) is 6.23. The van der Waals surface area contributed by atoms with Crippen LogP contribution in [0.1, 0.15) is 52.0 Å². The van der Waals surface area contributed by atoms with E-state index >= 15 is 0 Å². The zero-order valence-corrected chi connectivity index (χ0v) is 23.0. The molecule has 0 saturated carbocycles. The van der Waals surface area contributed by atoms with Crippen molar-refractivity contribution in [2.45, 2.75) is 26.3 Å². The largest absolute Gasteiger partial charge is 0.495 e. The van der Waals surface area contributed by atoms with Crippen LogP contribution < -0.4 is 31.3 Å². The van der Waals surface area contributed by atoms with Gasteiger partial charge in [0, 0.05) is 26.3 Å². The van der Waals surface area contributed by atoms with E-state index in [1.54, 1.807) is 24.3 Å². The van der Waals surface area contributed by atoms with Gasteiger partial charge in [-0.1, -0.05) is 38.1 Å². The van der Waals surface area contributed by atoms with Crippen LogP contribution in [0.2, 0.25) is 0 Å². The highest BCUT2D eigenvalue weighted by molar-refractivity contribution is 7.09. The average molecular weight is 539 g/mol. The van der Waals surface area contributed by atoms with Crippen LogP contribution >= 0.6 is 11.5 Å². The highest BCUT2D eigenvalue weighted by Gasteiger charge is 2.37. The fourth-order valence-corrected chi connectivity index (χ4v) is 4.63. The lowest BCUT2D eigenvalue weighted by Gasteiger charge is -2.32. The summed E-state index contributed by atoms with van der Waals surface area (Å²) in [4.78, 5) is 43.1. The summed E-state index contributed by atoms with van der Waals surface area (Å²) in [5.41, 5.74) is 13.1. The molecule has 0 radical (unpaired) electrons. The first kappa shape index (κ1) is 28.5. The van der Waals surface area contributed by atoms with Gasteiger partial charge in [-0.2, -0.15) is 4.37 Å². The number of para-hydroxylation sites is 2. The lowest BCUT2D eigenvalue weighted by molar-refractivity contribution is -0.122. The Hall–Kier alpha value is -4.12. The molecule has 0 unspecified atom stereocenters. The number of carbonyl (C=O) groups excluding carboxylic acids is 3. The van der Waals surface area contributed by atoms with Crippen molar-refractivity contribution in [2.75, 3.05) is 43.3 Å². The molecular weight excluding hydrogens is 504 g/mol. The third-order valence-corrected chi connectivity index (χ3v) is 6.82. The minimum atomic E-state index is -1.08. The summed E-state index contributed by atoms with van der Waals surface area (Å²) in [5.74, 6) is -1.07. The quantitative estimate of drug-likeness (QED) is 0.339. The van der Waals surface area contributed by atoms with Gasteiger partial charge in [0.15, 0.2) is 5.69 Å². The van der Waals surface area contributed by atoms with Gasteiger partial charge in [-0.25, -0.2) is 0 Å². The number of primary amides is 1. The summed E-state index contributed by atoms with van der Waals surface area (Å²) in [6.07, 6.45) is 0.768. The van der Waals surface area contributed by atoms with Crippen molar-refractivity contribution >= 4 is 46.3 Å². The Morgan fingerprint density at radius 3 is 2.29 bits per heavy atom. The second kappa shape index (κ2) is 12.4. The molecule has 11 heteroatoms. The summed E-state index contributed by atoms with van der Waals surface area (Å²) in [6, 6.07) is 13.2. The molecule has 0 spiro atoms. The first-order valence-electron chi connectivity index (χ1n) is 12.1. The van der Waals surface area contributed by atoms with Crippen molar-refractivity contribution in [1.29, 1.82) is 0 Å². The molecule has 0 fully saturated rings. The lowest BCUT2D eigenvalue weighted by atomic mass is 10.0. The number of anilines is 3. The van der Waals surface area contributed by atoms with Crippen molar-refractivity contribution in [1.82, 2.24) is 9.69 Å². The first-order chi connectivity index (χ1) is 18.1. The zero-order chi connectivity index (χ0) is 28.0. The number of methoxy groups -OCH3 is 1. The van der Waals surface area contributed by atoms with Gasteiger partial charge in [0.2, 0.25) is 5.91 Å².